The number of amides is 2. The second-order valence-corrected chi connectivity index (χ2v) is 8.14. The Kier molecular flexibility index (Phi) is 5.01. The first-order chi connectivity index (χ1) is 14.7. The number of methoxy groups -OCH3 is 1. The summed E-state index contributed by atoms with van der Waals surface area (Å²) in [5, 5.41) is 3.15. The van der Waals surface area contributed by atoms with E-state index >= 15 is 0 Å². The van der Waals surface area contributed by atoms with Crippen LogP contribution in [0.2, 0.25) is 0 Å². The number of anilines is 1. The summed E-state index contributed by atoms with van der Waals surface area (Å²) >= 11 is 0. The average molecular weight is 399 g/mol. The molecule has 0 spiro atoms. The number of rotatable bonds is 3. The Morgan fingerprint density at radius 1 is 0.933 bits per heavy atom. The summed E-state index contributed by atoms with van der Waals surface area (Å²) in [5.74, 6) is 0. The van der Waals surface area contributed by atoms with Crippen molar-refractivity contribution in [3.63, 3.8) is 0 Å². The molecule has 4 heteroatoms. The normalized spacial score (nSPS) is 19.8. The minimum absolute atomic E-state index is 0.0559. The molecule has 152 valence electrons. The molecule has 2 atom stereocenters. The molecule has 0 bridgehead atoms. The number of hydrogen-bond donors (Lipinski definition) is 1. The molecular formula is C26H26N2O2. The summed E-state index contributed by atoms with van der Waals surface area (Å²) in [5.41, 5.74) is 7.09. The van der Waals surface area contributed by atoms with Crippen molar-refractivity contribution in [3.8, 4) is 0 Å². The van der Waals surface area contributed by atoms with Crippen molar-refractivity contribution in [2.75, 3.05) is 19.0 Å². The first-order valence-corrected chi connectivity index (χ1v) is 10.6. The van der Waals surface area contributed by atoms with Gasteiger partial charge in [-0.3, -0.25) is 0 Å². The molecule has 4 nitrogen and oxygen atoms in total. The lowest BCUT2D eigenvalue weighted by molar-refractivity contribution is 0.112. The molecule has 1 unspecified atom stereocenters. The van der Waals surface area contributed by atoms with Crippen molar-refractivity contribution < 1.29 is 9.53 Å². The summed E-state index contributed by atoms with van der Waals surface area (Å²) in [7, 11) is 1.76. The lowest BCUT2D eigenvalue weighted by Gasteiger charge is -2.37. The fraction of sp³-hybridized carbons (Fsp3) is 0.269. The molecule has 0 aromatic heterocycles. The third-order valence-corrected chi connectivity index (χ3v) is 6.35. The SMILES string of the molecule is COC1Cc2ccc(NC(=O)N3CCc4ccccc4[C@H]3c3ccccc3)cc2C1. The molecule has 0 radical (unpaired) electrons. The number of carbonyl (C=O) groups is 1. The van der Waals surface area contributed by atoms with E-state index in [2.05, 4.69) is 53.8 Å². The zero-order valence-corrected chi connectivity index (χ0v) is 17.2. The van der Waals surface area contributed by atoms with Gasteiger partial charge in [0.15, 0.2) is 0 Å². The number of urea groups is 1. The average Bonchev–Trinajstić information content (AvgIpc) is 3.21. The quantitative estimate of drug-likeness (QED) is 0.676. The second-order valence-electron chi connectivity index (χ2n) is 8.14. The highest BCUT2D eigenvalue weighted by atomic mass is 16.5. The lowest BCUT2D eigenvalue weighted by atomic mass is 9.88. The standard InChI is InChI=1S/C26H26N2O2/c1-30-23-16-20-11-12-22(15-21(20)17-23)27-26(29)28-14-13-18-7-5-6-10-24(18)25(28)19-8-3-2-4-9-19/h2-12,15,23,25H,13-14,16-17H2,1H3,(H,27,29)/t23?,25-/m1/s1. The topological polar surface area (TPSA) is 41.6 Å². The van der Waals surface area contributed by atoms with Gasteiger partial charge in [-0.25, -0.2) is 4.79 Å². The monoisotopic (exact) mass is 398 g/mol. The van der Waals surface area contributed by atoms with Gasteiger partial charge in [0, 0.05) is 19.3 Å². The third kappa shape index (κ3) is 3.48. The number of fused-ring (bicyclic) bond motifs is 2. The molecule has 0 fully saturated rings. The number of carbonyl (C=O) groups excluding carboxylic acids is 1. The fourth-order valence-corrected chi connectivity index (χ4v) is 4.80. The van der Waals surface area contributed by atoms with Gasteiger partial charge in [-0.05, 0) is 59.2 Å². The van der Waals surface area contributed by atoms with Crippen LogP contribution in [0.4, 0.5) is 10.5 Å². The van der Waals surface area contributed by atoms with Crippen LogP contribution >= 0.6 is 0 Å². The molecule has 0 saturated heterocycles. The molecular weight excluding hydrogens is 372 g/mol. The van der Waals surface area contributed by atoms with Gasteiger partial charge in [0.1, 0.15) is 0 Å². The van der Waals surface area contributed by atoms with Crippen molar-refractivity contribution in [3.05, 3.63) is 101 Å². The highest BCUT2D eigenvalue weighted by Gasteiger charge is 2.32. The lowest BCUT2D eigenvalue weighted by Crippen LogP contribution is -2.43. The van der Waals surface area contributed by atoms with E-state index in [9.17, 15) is 4.79 Å². The van der Waals surface area contributed by atoms with Gasteiger partial charge in [-0.1, -0.05) is 60.7 Å². The van der Waals surface area contributed by atoms with E-state index in [4.69, 9.17) is 4.74 Å². The van der Waals surface area contributed by atoms with Crippen molar-refractivity contribution >= 4 is 11.7 Å². The molecule has 3 aromatic carbocycles. The first kappa shape index (κ1) is 18.9. The Hall–Kier alpha value is -3.11. The van der Waals surface area contributed by atoms with Crippen molar-refractivity contribution in [2.24, 2.45) is 0 Å². The molecule has 5 rings (SSSR count). The number of benzene rings is 3. The Bertz CT molecular complexity index is 1060. The molecule has 1 aliphatic carbocycles. The Morgan fingerprint density at radius 3 is 2.53 bits per heavy atom. The van der Waals surface area contributed by atoms with Crippen LogP contribution in [0, 0.1) is 0 Å². The maximum Gasteiger partial charge on any atom is 0.322 e. The van der Waals surface area contributed by atoms with Gasteiger partial charge in [0.25, 0.3) is 0 Å². The van der Waals surface area contributed by atoms with E-state index in [0.29, 0.717) is 6.54 Å². The van der Waals surface area contributed by atoms with E-state index in [0.717, 1.165) is 30.5 Å². The fourth-order valence-electron chi connectivity index (χ4n) is 4.80. The van der Waals surface area contributed by atoms with E-state index in [1.807, 2.05) is 29.2 Å². The van der Waals surface area contributed by atoms with Crippen molar-refractivity contribution in [1.29, 1.82) is 0 Å². The smallest absolute Gasteiger partial charge is 0.322 e. The summed E-state index contributed by atoms with van der Waals surface area (Å²) in [6, 6.07) is 24.8. The van der Waals surface area contributed by atoms with E-state index in [1.54, 1.807) is 7.11 Å². The highest BCUT2D eigenvalue weighted by Crippen LogP contribution is 2.35. The Balaban J connectivity index is 1.42. The van der Waals surface area contributed by atoms with Crippen LogP contribution in [0.3, 0.4) is 0 Å². The number of nitrogens with one attached hydrogen (secondary N) is 1. The van der Waals surface area contributed by atoms with E-state index < -0.39 is 0 Å². The zero-order chi connectivity index (χ0) is 20.5. The van der Waals surface area contributed by atoms with Gasteiger partial charge in [0.05, 0.1) is 12.1 Å². The van der Waals surface area contributed by atoms with E-state index in [-0.39, 0.29) is 18.2 Å². The molecule has 0 saturated carbocycles. The van der Waals surface area contributed by atoms with Crippen LogP contribution in [-0.2, 0) is 24.0 Å². The zero-order valence-electron chi connectivity index (χ0n) is 17.2. The number of hydrogen-bond acceptors (Lipinski definition) is 2. The van der Waals surface area contributed by atoms with Gasteiger partial charge in [-0.15, -0.1) is 0 Å². The van der Waals surface area contributed by atoms with Gasteiger partial charge in [-0.2, -0.15) is 0 Å². The van der Waals surface area contributed by atoms with Crippen molar-refractivity contribution in [2.45, 2.75) is 31.4 Å². The second kappa shape index (κ2) is 7.96. The Morgan fingerprint density at radius 2 is 1.70 bits per heavy atom. The minimum Gasteiger partial charge on any atom is -0.381 e. The Labute approximate surface area is 177 Å². The van der Waals surface area contributed by atoms with Crippen LogP contribution in [0.15, 0.2) is 72.8 Å². The van der Waals surface area contributed by atoms with Crippen LogP contribution in [0.1, 0.15) is 33.9 Å². The van der Waals surface area contributed by atoms with Crippen LogP contribution in [0.5, 0.6) is 0 Å². The summed E-state index contributed by atoms with van der Waals surface area (Å²) in [6.45, 7) is 0.694. The largest absolute Gasteiger partial charge is 0.381 e. The van der Waals surface area contributed by atoms with E-state index in [1.165, 1.54) is 22.3 Å². The molecule has 3 aromatic rings. The maximum atomic E-state index is 13.4. The van der Waals surface area contributed by atoms with Crippen LogP contribution < -0.4 is 5.32 Å². The molecule has 1 heterocycles. The van der Waals surface area contributed by atoms with Gasteiger partial charge in [0.2, 0.25) is 0 Å². The first-order valence-electron chi connectivity index (χ1n) is 10.6. The van der Waals surface area contributed by atoms with Gasteiger partial charge < -0.3 is 15.0 Å². The molecule has 1 aliphatic heterocycles. The highest BCUT2D eigenvalue weighted by molar-refractivity contribution is 5.90. The van der Waals surface area contributed by atoms with Gasteiger partial charge >= 0.3 is 6.03 Å². The summed E-state index contributed by atoms with van der Waals surface area (Å²) in [4.78, 5) is 15.3. The maximum absolute atomic E-state index is 13.4. The molecule has 30 heavy (non-hydrogen) atoms. The van der Waals surface area contributed by atoms with Crippen LogP contribution in [-0.4, -0.2) is 30.7 Å². The minimum atomic E-state index is -0.0801. The predicted molar refractivity (Wildman–Crippen MR) is 119 cm³/mol. The summed E-state index contributed by atoms with van der Waals surface area (Å²) in [6.07, 6.45) is 2.96. The summed E-state index contributed by atoms with van der Waals surface area (Å²) < 4.78 is 5.51. The number of ether oxygens (including phenoxy) is 1. The molecule has 2 aliphatic rings. The van der Waals surface area contributed by atoms with Crippen molar-refractivity contribution in [1.82, 2.24) is 4.90 Å². The third-order valence-electron chi connectivity index (χ3n) is 6.35. The number of nitrogens with zero attached hydrogens (tertiary/aromatic N) is 1. The molecule has 2 amide bonds. The predicted octanol–water partition coefficient (Wildman–Crippen LogP) is 4.98. The molecule has 1 N–H and O–H groups in total. The van der Waals surface area contributed by atoms with Crippen LogP contribution in [0.25, 0.3) is 0 Å².